The van der Waals surface area contributed by atoms with Crippen molar-refractivity contribution in [3.63, 3.8) is 0 Å². The standard InChI is InChI=1S/C11H11N3/c12-6-9-5-10(7-14-11(9)13)8-3-1-2-4-8/h3,5,7H,1-2,4H2,(H2,13,14). The minimum absolute atomic E-state index is 0.315. The van der Waals surface area contributed by atoms with E-state index in [0.29, 0.717) is 11.4 Å². The molecule has 2 rings (SSSR count). The van der Waals surface area contributed by atoms with E-state index in [-0.39, 0.29) is 0 Å². The quantitative estimate of drug-likeness (QED) is 0.728. The van der Waals surface area contributed by atoms with Gasteiger partial charge in [-0.1, -0.05) is 6.08 Å². The number of nitrogens with two attached hydrogens (primary N) is 1. The maximum absolute atomic E-state index is 8.80. The Morgan fingerprint density at radius 3 is 3.00 bits per heavy atom. The Hall–Kier alpha value is -1.82. The molecule has 0 fully saturated rings. The van der Waals surface area contributed by atoms with Crippen molar-refractivity contribution in [3.05, 3.63) is 29.5 Å². The van der Waals surface area contributed by atoms with E-state index in [1.165, 1.54) is 12.0 Å². The van der Waals surface area contributed by atoms with Crippen LogP contribution < -0.4 is 5.73 Å². The van der Waals surface area contributed by atoms with Crippen LogP contribution in [0, 0.1) is 11.3 Å². The topological polar surface area (TPSA) is 62.7 Å². The van der Waals surface area contributed by atoms with Gasteiger partial charge in [-0.25, -0.2) is 4.98 Å². The lowest BCUT2D eigenvalue weighted by atomic mass is 10.1. The van der Waals surface area contributed by atoms with Gasteiger partial charge in [0.2, 0.25) is 0 Å². The predicted octanol–water partition coefficient (Wildman–Crippen LogP) is 2.10. The van der Waals surface area contributed by atoms with Gasteiger partial charge < -0.3 is 5.73 Å². The summed E-state index contributed by atoms with van der Waals surface area (Å²) in [7, 11) is 0. The van der Waals surface area contributed by atoms with E-state index < -0.39 is 0 Å². The molecule has 1 heterocycles. The summed E-state index contributed by atoms with van der Waals surface area (Å²) in [4.78, 5) is 4.01. The van der Waals surface area contributed by atoms with Gasteiger partial charge in [-0.2, -0.15) is 5.26 Å². The molecular formula is C11H11N3. The fourth-order valence-electron chi connectivity index (χ4n) is 1.67. The normalized spacial score (nSPS) is 14.9. The smallest absolute Gasteiger partial charge is 0.141 e. The zero-order valence-corrected chi connectivity index (χ0v) is 7.83. The Balaban J connectivity index is 2.41. The lowest BCUT2D eigenvalue weighted by molar-refractivity contribution is 0.935. The van der Waals surface area contributed by atoms with Crippen LogP contribution in [0.25, 0.3) is 5.57 Å². The second kappa shape index (κ2) is 3.51. The summed E-state index contributed by atoms with van der Waals surface area (Å²) in [6, 6.07) is 3.86. The predicted molar refractivity (Wildman–Crippen MR) is 55.2 cm³/mol. The highest BCUT2D eigenvalue weighted by Gasteiger charge is 2.09. The van der Waals surface area contributed by atoms with Crippen LogP contribution in [-0.4, -0.2) is 4.98 Å². The van der Waals surface area contributed by atoms with Crippen LogP contribution in [0.3, 0.4) is 0 Å². The van der Waals surface area contributed by atoms with E-state index in [0.717, 1.165) is 18.4 Å². The highest BCUT2D eigenvalue weighted by Crippen LogP contribution is 2.28. The molecule has 1 aliphatic rings. The number of anilines is 1. The molecule has 0 bridgehead atoms. The number of hydrogen-bond acceptors (Lipinski definition) is 3. The first kappa shape index (κ1) is 8.76. The summed E-state index contributed by atoms with van der Waals surface area (Å²) in [6.45, 7) is 0. The number of rotatable bonds is 1. The number of nitrogen functional groups attached to an aromatic ring is 1. The number of allylic oxidation sites excluding steroid dienone is 2. The molecule has 0 aliphatic heterocycles. The number of hydrogen-bond donors (Lipinski definition) is 1. The first-order valence-corrected chi connectivity index (χ1v) is 4.66. The highest BCUT2D eigenvalue weighted by molar-refractivity contribution is 5.69. The molecule has 0 saturated carbocycles. The molecule has 0 aromatic carbocycles. The number of nitriles is 1. The second-order valence-electron chi connectivity index (χ2n) is 3.39. The monoisotopic (exact) mass is 185 g/mol. The summed E-state index contributed by atoms with van der Waals surface area (Å²) in [5.41, 5.74) is 8.33. The molecule has 70 valence electrons. The molecule has 0 amide bonds. The third-order valence-corrected chi connectivity index (χ3v) is 2.45. The van der Waals surface area contributed by atoms with Crippen LogP contribution in [0.15, 0.2) is 18.3 Å². The first-order chi connectivity index (χ1) is 6.81. The van der Waals surface area contributed by atoms with Crippen LogP contribution in [0.2, 0.25) is 0 Å². The van der Waals surface area contributed by atoms with Crippen molar-refractivity contribution in [2.24, 2.45) is 0 Å². The maximum Gasteiger partial charge on any atom is 0.141 e. The lowest BCUT2D eigenvalue weighted by Crippen LogP contribution is -1.96. The van der Waals surface area contributed by atoms with Crippen molar-refractivity contribution in [3.8, 4) is 6.07 Å². The van der Waals surface area contributed by atoms with E-state index >= 15 is 0 Å². The van der Waals surface area contributed by atoms with Gasteiger partial charge >= 0.3 is 0 Å². The third-order valence-electron chi connectivity index (χ3n) is 2.45. The van der Waals surface area contributed by atoms with Crippen LogP contribution in [0.4, 0.5) is 5.82 Å². The van der Waals surface area contributed by atoms with Gasteiger partial charge in [0.1, 0.15) is 11.9 Å². The molecule has 3 heteroatoms. The van der Waals surface area contributed by atoms with Gasteiger partial charge in [-0.05, 0) is 36.5 Å². The van der Waals surface area contributed by atoms with Gasteiger partial charge in [-0.3, -0.25) is 0 Å². The summed E-state index contributed by atoms with van der Waals surface area (Å²) in [5.74, 6) is 0.315. The summed E-state index contributed by atoms with van der Waals surface area (Å²) in [5, 5.41) is 8.80. The number of nitrogens with zero attached hydrogens (tertiary/aromatic N) is 2. The lowest BCUT2D eigenvalue weighted by Gasteiger charge is -2.03. The Labute approximate surface area is 82.9 Å². The van der Waals surface area contributed by atoms with Crippen molar-refractivity contribution < 1.29 is 0 Å². The molecule has 0 saturated heterocycles. The maximum atomic E-state index is 8.80. The Morgan fingerprint density at radius 2 is 2.36 bits per heavy atom. The zero-order valence-electron chi connectivity index (χ0n) is 7.83. The van der Waals surface area contributed by atoms with Crippen molar-refractivity contribution in [2.45, 2.75) is 19.3 Å². The summed E-state index contributed by atoms with van der Waals surface area (Å²) >= 11 is 0. The van der Waals surface area contributed by atoms with Crippen LogP contribution in [-0.2, 0) is 0 Å². The van der Waals surface area contributed by atoms with E-state index in [1.807, 2.05) is 12.1 Å². The fourth-order valence-corrected chi connectivity index (χ4v) is 1.67. The molecule has 2 N–H and O–H groups in total. The SMILES string of the molecule is N#Cc1cc(C2=CCCC2)cnc1N. The van der Waals surface area contributed by atoms with Crippen molar-refractivity contribution in [1.29, 1.82) is 5.26 Å². The average molecular weight is 185 g/mol. The van der Waals surface area contributed by atoms with E-state index in [4.69, 9.17) is 11.0 Å². The highest BCUT2D eigenvalue weighted by atomic mass is 14.8. The fraction of sp³-hybridized carbons (Fsp3) is 0.273. The van der Waals surface area contributed by atoms with Crippen molar-refractivity contribution >= 4 is 11.4 Å². The summed E-state index contributed by atoms with van der Waals surface area (Å²) < 4.78 is 0. The molecule has 3 nitrogen and oxygen atoms in total. The number of pyridine rings is 1. The molecule has 0 radical (unpaired) electrons. The first-order valence-electron chi connectivity index (χ1n) is 4.66. The Bertz CT molecular complexity index is 427. The number of aromatic nitrogens is 1. The molecule has 0 unspecified atom stereocenters. The minimum Gasteiger partial charge on any atom is -0.383 e. The average Bonchev–Trinajstić information content (AvgIpc) is 2.71. The van der Waals surface area contributed by atoms with Crippen LogP contribution in [0.5, 0.6) is 0 Å². The Morgan fingerprint density at radius 1 is 1.50 bits per heavy atom. The third kappa shape index (κ3) is 1.47. The molecule has 1 aromatic heterocycles. The van der Waals surface area contributed by atoms with E-state index in [2.05, 4.69) is 11.1 Å². The van der Waals surface area contributed by atoms with E-state index in [1.54, 1.807) is 6.20 Å². The summed E-state index contributed by atoms with van der Waals surface area (Å²) in [6.07, 6.45) is 7.35. The molecule has 0 spiro atoms. The van der Waals surface area contributed by atoms with Crippen molar-refractivity contribution in [1.82, 2.24) is 4.98 Å². The van der Waals surface area contributed by atoms with E-state index in [9.17, 15) is 0 Å². The van der Waals surface area contributed by atoms with Crippen molar-refractivity contribution in [2.75, 3.05) is 5.73 Å². The van der Waals surface area contributed by atoms with Gasteiger partial charge in [0.25, 0.3) is 0 Å². The minimum atomic E-state index is 0.315. The van der Waals surface area contributed by atoms with Crippen LogP contribution in [0.1, 0.15) is 30.4 Å². The largest absolute Gasteiger partial charge is 0.383 e. The molecule has 0 atom stereocenters. The van der Waals surface area contributed by atoms with Crippen LogP contribution >= 0.6 is 0 Å². The molecular weight excluding hydrogens is 174 g/mol. The van der Waals surface area contributed by atoms with Gasteiger partial charge in [0, 0.05) is 6.20 Å². The van der Waals surface area contributed by atoms with Gasteiger partial charge in [0.15, 0.2) is 0 Å². The Kier molecular flexibility index (Phi) is 2.19. The molecule has 14 heavy (non-hydrogen) atoms. The zero-order chi connectivity index (χ0) is 9.97. The molecule has 1 aliphatic carbocycles. The molecule has 1 aromatic rings. The van der Waals surface area contributed by atoms with Gasteiger partial charge in [0.05, 0.1) is 5.56 Å². The van der Waals surface area contributed by atoms with Gasteiger partial charge in [-0.15, -0.1) is 0 Å². The second-order valence-corrected chi connectivity index (χ2v) is 3.39.